The Bertz CT molecular complexity index is 1030. The van der Waals surface area contributed by atoms with Gasteiger partial charge in [-0.3, -0.25) is 14.2 Å². The lowest BCUT2D eigenvalue weighted by molar-refractivity contribution is 0.0949. The van der Waals surface area contributed by atoms with E-state index in [2.05, 4.69) is 5.32 Å². The quantitative estimate of drug-likeness (QED) is 0.731. The van der Waals surface area contributed by atoms with Crippen LogP contribution in [0, 0.1) is 6.92 Å². The molecule has 3 aromatic rings. The number of aromatic nitrogens is 1. The van der Waals surface area contributed by atoms with E-state index in [1.54, 1.807) is 55.6 Å². The van der Waals surface area contributed by atoms with Crippen LogP contribution in [0.25, 0.3) is 5.69 Å². The molecule has 2 aromatic carbocycles. The number of hydrogen-bond donors (Lipinski definition) is 1. The molecule has 0 atom stereocenters. The first-order valence-electron chi connectivity index (χ1n) is 8.39. The highest BCUT2D eigenvalue weighted by Crippen LogP contribution is 2.17. The van der Waals surface area contributed by atoms with Gasteiger partial charge in [0.25, 0.3) is 11.5 Å². The zero-order valence-corrected chi connectivity index (χ0v) is 15.8. The topological polar surface area (TPSA) is 60.3 Å². The van der Waals surface area contributed by atoms with Gasteiger partial charge < -0.3 is 10.1 Å². The van der Waals surface area contributed by atoms with Crippen LogP contribution in [0.4, 0.5) is 0 Å². The molecule has 27 heavy (non-hydrogen) atoms. The van der Waals surface area contributed by atoms with Crippen molar-refractivity contribution in [2.24, 2.45) is 0 Å². The number of amides is 1. The molecule has 0 unspecified atom stereocenters. The van der Waals surface area contributed by atoms with Crippen molar-refractivity contribution in [3.05, 3.63) is 92.9 Å². The molecule has 1 aromatic heterocycles. The number of halogens is 1. The Labute approximate surface area is 162 Å². The van der Waals surface area contributed by atoms with Gasteiger partial charge in [0, 0.05) is 23.3 Å². The number of aryl methyl sites for hydroxylation is 1. The Morgan fingerprint density at radius 3 is 2.56 bits per heavy atom. The number of rotatable bonds is 5. The second-order valence-electron chi connectivity index (χ2n) is 6.04. The van der Waals surface area contributed by atoms with E-state index in [1.165, 1.54) is 4.57 Å². The Morgan fingerprint density at radius 1 is 1.11 bits per heavy atom. The summed E-state index contributed by atoms with van der Waals surface area (Å²) in [6.45, 7) is 2.12. The third kappa shape index (κ3) is 4.20. The van der Waals surface area contributed by atoms with Gasteiger partial charge >= 0.3 is 0 Å². The van der Waals surface area contributed by atoms with Gasteiger partial charge in [0.15, 0.2) is 0 Å². The molecule has 5 nitrogen and oxygen atoms in total. The largest absolute Gasteiger partial charge is 0.497 e. The first-order chi connectivity index (χ1) is 13.0. The molecule has 3 rings (SSSR count). The number of nitrogens with one attached hydrogen (secondary N) is 1. The molecule has 1 N–H and O–H groups in total. The van der Waals surface area contributed by atoms with Crippen LogP contribution in [-0.2, 0) is 6.54 Å². The molecule has 0 radical (unpaired) electrons. The van der Waals surface area contributed by atoms with Crippen LogP contribution in [0.5, 0.6) is 5.75 Å². The fraction of sp³-hybridized carbons (Fsp3) is 0.143. The second-order valence-corrected chi connectivity index (χ2v) is 6.48. The summed E-state index contributed by atoms with van der Waals surface area (Å²) < 4.78 is 6.73. The minimum Gasteiger partial charge on any atom is -0.497 e. The smallest absolute Gasteiger partial charge is 0.268 e. The lowest BCUT2D eigenvalue weighted by Gasteiger charge is -2.13. The van der Waals surface area contributed by atoms with Crippen molar-refractivity contribution in [3.8, 4) is 11.4 Å². The van der Waals surface area contributed by atoms with Crippen molar-refractivity contribution in [1.29, 1.82) is 0 Å². The molecule has 0 aliphatic rings. The minimum atomic E-state index is -0.424. The maximum Gasteiger partial charge on any atom is 0.268 e. The molecule has 0 aliphatic carbocycles. The summed E-state index contributed by atoms with van der Waals surface area (Å²) in [7, 11) is 1.56. The zero-order valence-electron chi connectivity index (χ0n) is 15.0. The SMILES string of the molecule is COc1cccc(-n2c(C)ccc(C(=O)NCc3ccc(Cl)cc3)c2=O)c1. The van der Waals surface area contributed by atoms with Gasteiger partial charge in [0.2, 0.25) is 0 Å². The number of hydrogen-bond acceptors (Lipinski definition) is 3. The van der Waals surface area contributed by atoms with Crippen LogP contribution >= 0.6 is 11.6 Å². The summed E-state index contributed by atoms with van der Waals surface area (Å²) in [5.74, 6) is 0.211. The Hall–Kier alpha value is -3.05. The highest BCUT2D eigenvalue weighted by atomic mass is 35.5. The van der Waals surface area contributed by atoms with Gasteiger partial charge in [-0.2, -0.15) is 0 Å². The lowest BCUT2D eigenvalue weighted by Crippen LogP contribution is -2.33. The fourth-order valence-electron chi connectivity index (χ4n) is 2.75. The van der Waals surface area contributed by atoms with E-state index in [4.69, 9.17) is 16.3 Å². The van der Waals surface area contributed by atoms with E-state index in [1.807, 2.05) is 19.1 Å². The summed E-state index contributed by atoms with van der Waals surface area (Å²) in [5, 5.41) is 3.41. The number of carbonyl (C=O) groups is 1. The van der Waals surface area contributed by atoms with E-state index >= 15 is 0 Å². The third-order valence-electron chi connectivity index (χ3n) is 4.20. The van der Waals surface area contributed by atoms with Gasteiger partial charge in [-0.25, -0.2) is 0 Å². The zero-order chi connectivity index (χ0) is 19.4. The minimum absolute atomic E-state index is 0.0809. The molecule has 0 bridgehead atoms. The predicted molar refractivity (Wildman–Crippen MR) is 106 cm³/mol. The molecule has 0 saturated heterocycles. The Balaban J connectivity index is 1.89. The number of carbonyl (C=O) groups excluding carboxylic acids is 1. The number of nitrogens with zero attached hydrogens (tertiary/aromatic N) is 1. The van der Waals surface area contributed by atoms with Gasteiger partial charge in [0.05, 0.1) is 12.8 Å². The van der Waals surface area contributed by atoms with Gasteiger partial charge in [-0.05, 0) is 48.9 Å². The number of ether oxygens (including phenoxy) is 1. The summed E-state index contributed by atoms with van der Waals surface area (Å²) in [4.78, 5) is 25.5. The summed E-state index contributed by atoms with van der Waals surface area (Å²) in [6, 6.07) is 17.6. The van der Waals surface area contributed by atoms with Crippen molar-refractivity contribution in [1.82, 2.24) is 9.88 Å². The normalized spacial score (nSPS) is 10.5. The lowest BCUT2D eigenvalue weighted by atomic mass is 10.2. The van der Waals surface area contributed by atoms with Crippen LogP contribution in [0.15, 0.2) is 65.5 Å². The molecular weight excluding hydrogens is 364 g/mol. The number of benzene rings is 2. The van der Waals surface area contributed by atoms with Crippen molar-refractivity contribution < 1.29 is 9.53 Å². The average Bonchev–Trinajstić information content (AvgIpc) is 2.67. The highest BCUT2D eigenvalue weighted by Gasteiger charge is 2.15. The van der Waals surface area contributed by atoms with Crippen LogP contribution < -0.4 is 15.6 Å². The van der Waals surface area contributed by atoms with E-state index in [-0.39, 0.29) is 11.1 Å². The Kier molecular flexibility index (Phi) is 5.62. The summed E-state index contributed by atoms with van der Waals surface area (Å²) >= 11 is 5.86. The molecular formula is C21H19ClN2O3. The molecule has 0 fully saturated rings. The maximum atomic E-state index is 12.9. The van der Waals surface area contributed by atoms with E-state index < -0.39 is 5.91 Å². The van der Waals surface area contributed by atoms with Crippen LogP contribution in [0.2, 0.25) is 5.02 Å². The van der Waals surface area contributed by atoms with Crippen molar-refractivity contribution >= 4 is 17.5 Å². The third-order valence-corrected chi connectivity index (χ3v) is 4.45. The summed E-state index contributed by atoms with van der Waals surface area (Å²) in [5.41, 5.74) is 1.97. The second kappa shape index (κ2) is 8.10. The van der Waals surface area contributed by atoms with Crippen molar-refractivity contribution in [2.45, 2.75) is 13.5 Å². The monoisotopic (exact) mass is 382 g/mol. The van der Waals surface area contributed by atoms with Gasteiger partial charge in [0.1, 0.15) is 11.3 Å². The first kappa shape index (κ1) is 18.7. The standard InChI is InChI=1S/C21H19ClN2O3/c1-14-6-11-19(20(25)23-13-15-7-9-16(22)10-8-15)21(26)24(14)17-4-3-5-18(12-17)27-2/h3-12H,13H2,1-2H3,(H,23,25). The van der Waals surface area contributed by atoms with E-state index in [0.29, 0.717) is 23.0 Å². The molecule has 0 spiro atoms. The molecule has 138 valence electrons. The van der Waals surface area contributed by atoms with E-state index in [9.17, 15) is 9.59 Å². The van der Waals surface area contributed by atoms with Crippen LogP contribution in [0.1, 0.15) is 21.6 Å². The predicted octanol–water partition coefficient (Wildman–Crippen LogP) is 3.74. The summed E-state index contributed by atoms with van der Waals surface area (Å²) in [6.07, 6.45) is 0. The van der Waals surface area contributed by atoms with Crippen molar-refractivity contribution in [3.63, 3.8) is 0 Å². The molecule has 1 heterocycles. The van der Waals surface area contributed by atoms with Crippen molar-refractivity contribution in [2.75, 3.05) is 7.11 Å². The molecule has 1 amide bonds. The van der Waals surface area contributed by atoms with Crippen LogP contribution in [-0.4, -0.2) is 17.6 Å². The maximum absolute atomic E-state index is 12.9. The van der Waals surface area contributed by atoms with E-state index in [0.717, 1.165) is 11.3 Å². The average molecular weight is 383 g/mol. The Morgan fingerprint density at radius 2 is 1.85 bits per heavy atom. The number of pyridine rings is 1. The fourth-order valence-corrected chi connectivity index (χ4v) is 2.88. The number of methoxy groups -OCH3 is 1. The molecule has 0 saturated carbocycles. The van der Waals surface area contributed by atoms with Gasteiger partial charge in [-0.1, -0.05) is 29.8 Å². The van der Waals surface area contributed by atoms with Crippen LogP contribution in [0.3, 0.4) is 0 Å². The molecule has 0 aliphatic heterocycles. The highest BCUT2D eigenvalue weighted by molar-refractivity contribution is 6.30. The van der Waals surface area contributed by atoms with Gasteiger partial charge in [-0.15, -0.1) is 0 Å². The molecule has 6 heteroatoms. The first-order valence-corrected chi connectivity index (χ1v) is 8.77.